The second-order valence-electron chi connectivity index (χ2n) is 4.08. The first-order valence-electron chi connectivity index (χ1n) is 5.91. The summed E-state index contributed by atoms with van der Waals surface area (Å²) in [7, 11) is 1.49. The molecule has 1 amide bonds. The number of methoxy groups -OCH3 is 1. The lowest BCUT2D eigenvalue weighted by Gasteiger charge is -2.19. The third-order valence-electron chi connectivity index (χ3n) is 2.73. The number of nitrogens with zero attached hydrogens (tertiary/aromatic N) is 4. The second kappa shape index (κ2) is 6.11. The minimum absolute atomic E-state index is 0.194. The molecule has 2 aromatic rings. The monoisotopic (exact) mass is 278 g/mol. The number of rotatable bonds is 6. The molecule has 0 aliphatic carbocycles. The summed E-state index contributed by atoms with van der Waals surface area (Å²) in [4.78, 5) is 28.4. The second-order valence-corrected chi connectivity index (χ2v) is 4.08. The van der Waals surface area contributed by atoms with E-state index in [1.165, 1.54) is 28.9 Å². The van der Waals surface area contributed by atoms with E-state index in [1.54, 1.807) is 12.4 Å². The maximum Gasteiger partial charge on any atom is 0.323 e. The van der Waals surface area contributed by atoms with Crippen molar-refractivity contribution in [2.24, 2.45) is 0 Å². The first-order valence-corrected chi connectivity index (χ1v) is 5.91. The van der Waals surface area contributed by atoms with Crippen LogP contribution in [0.2, 0.25) is 0 Å². The number of carboxylic acids is 1. The highest BCUT2D eigenvalue weighted by Crippen LogP contribution is 2.11. The van der Waals surface area contributed by atoms with E-state index in [1.807, 2.05) is 0 Å². The number of amides is 1. The number of ether oxygens (including phenoxy) is 1. The van der Waals surface area contributed by atoms with Crippen LogP contribution in [0.5, 0.6) is 0 Å². The Morgan fingerprint density at radius 3 is 2.95 bits per heavy atom. The zero-order valence-electron chi connectivity index (χ0n) is 10.9. The van der Waals surface area contributed by atoms with E-state index in [2.05, 4.69) is 10.1 Å². The van der Waals surface area contributed by atoms with Crippen molar-refractivity contribution in [3.8, 4) is 0 Å². The Morgan fingerprint density at radius 2 is 2.25 bits per heavy atom. The molecule has 8 nitrogen and oxygen atoms in total. The van der Waals surface area contributed by atoms with Gasteiger partial charge in [0.1, 0.15) is 6.54 Å². The van der Waals surface area contributed by atoms with Gasteiger partial charge in [0.2, 0.25) is 0 Å². The molecule has 2 aromatic heterocycles. The van der Waals surface area contributed by atoms with E-state index in [0.29, 0.717) is 11.1 Å². The van der Waals surface area contributed by atoms with E-state index in [4.69, 9.17) is 9.84 Å². The van der Waals surface area contributed by atoms with Gasteiger partial charge in [-0.05, 0) is 0 Å². The molecule has 2 rings (SSSR count). The number of aromatic nitrogens is 3. The van der Waals surface area contributed by atoms with Gasteiger partial charge in [0.15, 0.2) is 0 Å². The van der Waals surface area contributed by atoms with E-state index in [0.717, 1.165) is 0 Å². The molecule has 0 radical (unpaired) electrons. The smallest absolute Gasteiger partial charge is 0.323 e. The highest BCUT2D eigenvalue weighted by Gasteiger charge is 2.21. The Morgan fingerprint density at radius 1 is 1.45 bits per heavy atom. The molecule has 0 atom stereocenters. The van der Waals surface area contributed by atoms with Gasteiger partial charge < -0.3 is 14.7 Å². The minimum atomic E-state index is -1.08. The Kier molecular flexibility index (Phi) is 4.26. The summed E-state index contributed by atoms with van der Waals surface area (Å²) in [6.07, 6.45) is 6.08. The van der Waals surface area contributed by atoms with Gasteiger partial charge in [0.25, 0.3) is 5.91 Å². The largest absolute Gasteiger partial charge is 0.480 e. The average molecular weight is 278 g/mol. The Hall–Kier alpha value is -2.48. The summed E-state index contributed by atoms with van der Waals surface area (Å²) in [5.41, 5.74) is 0.848. The summed E-state index contributed by atoms with van der Waals surface area (Å²) < 4.78 is 6.40. The van der Waals surface area contributed by atoms with Gasteiger partial charge in [-0.25, -0.2) is 4.52 Å². The number of carbonyl (C=O) groups excluding carboxylic acids is 1. The predicted molar refractivity (Wildman–Crippen MR) is 68.4 cm³/mol. The summed E-state index contributed by atoms with van der Waals surface area (Å²) in [6.45, 7) is 0.0650. The molecular formula is C12H14N4O4. The number of carboxylic acid groups (broad SMARTS) is 1. The maximum atomic E-state index is 12.4. The van der Waals surface area contributed by atoms with Crippen molar-refractivity contribution < 1.29 is 19.4 Å². The number of hydrogen-bond acceptors (Lipinski definition) is 5. The molecule has 20 heavy (non-hydrogen) atoms. The van der Waals surface area contributed by atoms with Crippen molar-refractivity contribution in [1.29, 1.82) is 0 Å². The minimum Gasteiger partial charge on any atom is -0.480 e. The first-order chi connectivity index (χ1) is 9.63. The Bertz CT molecular complexity index is 625. The van der Waals surface area contributed by atoms with Crippen LogP contribution in [0.1, 0.15) is 10.4 Å². The average Bonchev–Trinajstić information content (AvgIpc) is 2.86. The molecule has 0 saturated heterocycles. The van der Waals surface area contributed by atoms with Gasteiger partial charge >= 0.3 is 5.97 Å². The van der Waals surface area contributed by atoms with Crippen LogP contribution >= 0.6 is 0 Å². The molecule has 0 unspecified atom stereocenters. The standard InChI is InChI=1S/C12H14N4O4/c1-20-5-4-15(8-11(17)18)12(19)9-6-14-16-3-2-13-7-10(9)16/h2-3,6-7H,4-5,8H2,1H3,(H,17,18). The first kappa shape index (κ1) is 13.9. The molecule has 0 aliphatic heterocycles. The lowest BCUT2D eigenvalue weighted by atomic mass is 10.2. The van der Waals surface area contributed by atoms with E-state index in [-0.39, 0.29) is 19.7 Å². The number of carbonyl (C=O) groups is 2. The van der Waals surface area contributed by atoms with Crippen LogP contribution in [-0.2, 0) is 9.53 Å². The van der Waals surface area contributed by atoms with Crippen LogP contribution < -0.4 is 0 Å². The van der Waals surface area contributed by atoms with Crippen LogP contribution in [0.15, 0.2) is 24.8 Å². The zero-order valence-corrected chi connectivity index (χ0v) is 10.9. The molecule has 0 saturated carbocycles. The molecule has 0 aliphatic rings. The van der Waals surface area contributed by atoms with Crippen molar-refractivity contribution in [2.75, 3.05) is 26.8 Å². The van der Waals surface area contributed by atoms with Crippen molar-refractivity contribution in [3.63, 3.8) is 0 Å². The van der Waals surface area contributed by atoms with Crippen molar-refractivity contribution >= 4 is 17.4 Å². The van der Waals surface area contributed by atoms with Crippen LogP contribution in [0, 0.1) is 0 Å². The Balaban J connectivity index is 2.28. The molecule has 1 N–H and O–H groups in total. The fourth-order valence-electron chi connectivity index (χ4n) is 1.79. The van der Waals surface area contributed by atoms with E-state index < -0.39 is 11.9 Å². The lowest BCUT2D eigenvalue weighted by Crippen LogP contribution is -2.37. The van der Waals surface area contributed by atoms with Gasteiger partial charge in [0, 0.05) is 26.0 Å². The predicted octanol–water partition coefficient (Wildman–Crippen LogP) is -0.0975. The third kappa shape index (κ3) is 2.91. The number of aliphatic carboxylic acids is 1. The van der Waals surface area contributed by atoms with Crippen molar-refractivity contribution in [3.05, 3.63) is 30.4 Å². The molecule has 106 valence electrons. The fraction of sp³-hybridized carbons (Fsp3) is 0.333. The molecule has 0 fully saturated rings. The quantitative estimate of drug-likeness (QED) is 0.792. The maximum absolute atomic E-state index is 12.4. The van der Waals surface area contributed by atoms with Gasteiger partial charge in [-0.1, -0.05) is 0 Å². The van der Waals surface area contributed by atoms with Gasteiger partial charge in [-0.2, -0.15) is 5.10 Å². The summed E-state index contributed by atoms with van der Waals surface area (Å²) in [5.74, 6) is -1.49. The number of fused-ring (bicyclic) bond motifs is 1. The van der Waals surface area contributed by atoms with Gasteiger partial charge in [-0.15, -0.1) is 0 Å². The van der Waals surface area contributed by atoms with Crippen LogP contribution in [0.4, 0.5) is 0 Å². The van der Waals surface area contributed by atoms with Crippen molar-refractivity contribution in [2.45, 2.75) is 0 Å². The van der Waals surface area contributed by atoms with Crippen LogP contribution in [0.25, 0.3) is 5.52 Å². The molecule has 8 heteroatoms. The lowest BCUT2D eigenvalue weighted by molar-refractivity contribution is -0.137. The highest BCUT2D eigenvalue weighted by molar-refractivity contribution is 6.01. The van der Waals surface area contributed by atoms with Gasteiger partial charge in [0.05, 0.1) is 30.1 Å². The zero-order chi connectivity index (χ0) is 14.5. The van der Waals surface area contributed by atoms with Crippen LogP contribution in [0.3, 0.4) is 0 Å². The fourth-order valence-corrected chi connectivity index (χ4v) is 1.79. The normalized spacial score (nSPS) is 10.7. The summed E-state index contributed by atoms with van der Waals surface area (Å²) in [5, 5.41) is 12.9. The van der Waals surface area contributed by atoms with Gasteiger partial charge in [-0.3, -0.25) is 14.6 Å². The highest BCUT2D eigenvalue weighted by atomic mass is 16.5. The Labute approximate surface area is 114 Å². The molecule has 0 aromatic carbocycles. The topological polar surface area (TPSA) is 97.0 Å². The molecular weight excluding hydrogens is 264 g/mol. The summed E-state index contributed by atoms with van der Waals surface area (Å²) in [6, 6.07) is 0. The van der Waals surface area contributed by atoms with Crippen molar-refractivity contribution in [1.82, 2.24) is 19.5 Å². The van der Waals surface area contributed by atoms with Crippen LogP contribution in [-0.4, -0.2) is 63.3 Å². The summed E-state index contributed by atoms with van der Waals surface area (Å²) >= 11 is 0. The molecule has 0 spiro atoms. The molecule has 2 heterocycles. The van der Waals surface area contributed by atoms with E-state index >= 15 is 0 Å². The third-order valence-corrected chi connectivity index (χ3v) is 2.73. The van der Waals surface area contributed by atoms with E-state index in [9.17, 15) is 9.59 Å². The molecule has 0 bridgehead atoms. The number of hydrogen-bond donors (Lipinski definition) is 1. The SMILES string of the molecule is COCCN(CC(=O)O)C(=O)c1cnn2ccncc12.